The molecule has 0 N–H and O–H groups in total. The number of rotatable bonds is 1. The smallest absolute Gasteiger partial charge is 0.247 e. The van der Waals surface area contributed by atoms with Crippen molar-refractivity contribution in [1.29, 1.82) is 0 Å². The van der Waals surface area contributed by atoms with Crippen molar-refractivity contribution in [1.82, 2.24) is 9.78 Å². The van der Waals surface area contributed by atoms with Crippen molar-refractivity contribution in [3.8, 4) is 0 Å². The number of aryl methyl sites for hydroxylation is 1. The monoisotopic (exact) mass is 270 g/mol. The zero-order chi connectivity index (χ0) is 12.0. The highest BCUT2D eigenvalue weighted by atomic mass is 35.7. The van der Waals surface area contributed by atoms with Gasteiger partial charge < -0.3 is 0 Å². The summed E-state index contributed by atoms with van der Waals surface area (Å²) < 4.78 is 23.9. The average Bonchev–Trinajstić information content (AvgIpc) is 2.22. The molecule has 7 heteroatoms. The fourth-order valence-corrected chi connectivity index (χ4v) is 3.29. The van der Waals surface area contributed by atoms with Gasteiger partial charge >= 0.3 is 0 Å². The van der Waals surface area contributed by atoms with Crippen LogP contribution in [0.15, 0.2) is 4.90 Å². The van der Waals surface area contributed by atoms with Crippen molar-refractivity contribution >= 4 is 31.3 Å². The third kappa shape index (κ3) is 2.46. The van der Waals surface area contributed by atoms with Gasteiger partial charge in [-0.3, -0.25) is 0 Å². The Hall–Kier alpha value is -0.260. The molecular formula is C8H12Cl2N2O2S. The average molecular weight is 271 g/mol. The minimum absolute atomic E-state index is 0.0509. The van der Waals surface area contributed by atoms with E-state index in [0.717, 1.165) is 0 Å². The lowest BCUT2D eigenvalue weighted by Crippen LogP contribution is -2.23. The Bertz CT molecular complexity index is 485. The molecule has 1 heterocycles. The fourth-order valence-electron chi connectivity index (χ4n) is 1.21. The molecule has 0 fully saturated rings. The van der Waals surface area contributed by atoms with Gasteiger partial charge in [0.1, 0.15) is 10.0 Å². The second kappa shape index (κ2) is 3.64. The Kier molecular flexibility index (Phi) is 3.11. The van der Waals surface area contributed by atoms with Crippen LogP contribution in [-0.2, 0) is 14.6 Å². The summed E-state index contributed by atoms with van der Waals surface area (Å²) in [5.41, 5.74) is -0.0771. The van der Waals surface area contributed by atoms with Crippen LogP contribution in [0.1, 0.15) is 26.5 Å². The van der Waals surface area contributed by atoms with Crippen LogP contribution >= 0.6 is 22.3 Å². The molecule has 1 aromatic rings. The van der Waals surface area contributed by atoms with Gasteiger partial charge in [0.2, 0.25) is 0 Å². The topological polar surface area (TPSA) is 52.0 Å². The van der Waals surface area contributed by atoms with Crippen LogP contribution in [0.2, 0.25) is 5.15 Å². The maximum atomic E-state index is 11.2. The van der Waals surface area contributed by atoms with E-state index < -0.39 is 9.05 Å². The van der Waals surface area contributed by atoms with Crippen molar-refractivity contribution in [2.75, 3.05) is 0 Å². The van der Waals surface area contributed by atoms with Crippen LogP contribution in [0.5, 0.6) is 0 Å². The number of hydrogen-bond donors (Lipinski definition) is 0. The number of halogens is 2. The summed E-state index contributed by atoms with van der Waals surface area (Å²) >= 11 is 5.94. The molecule has 0 unspecified atom stereocenters. The van der Waals surface area contributed by atoms with Crippen molar-refractivity contribution in [2.24, 2.45) is 0 Å². The van der Waals surface area contributed by atoms with Gasteiger partial charge in [-0.2, -0.15) is 5.10 Å². The number of aromatic nitrogens is 2. The summed E-state index contributed by atoms with van der Waals surface area (Å²) in [6.45, 7) is 7.17. The molecule has 0 amide bonds. The highest BCUT2D eigenvalue weighted by Gasteiger charge is 2.28. The fraction of sp³-hybridized carbons (Fsp3) is 0.625. The summed E-state index contributed by atoms with van der Waals surface area (Å²) in [7, 11) is 1.42. The SMILES string of the molecule is Cc1nn(C(C)(C)C)c(Cl)c1S(=O)(=O)Cl. The third-order valence-corrected chi connectivity index (χ3v) is 3.73. The van der Waals surface area contributed by atoms with E-state index in [4.69, 9.17) is 22.3 Å². The largest absolute Gasteiger partial charge is 0.266 e. The van der Waals surface area contributed by atoms with E-state index in [1.807, 2.05) is 20.8 Å². The molecule has 0 aliphatic heterocycles. The predicted molar refractivity (Wildman–Crippen MR) is 60.0 cm³/mol. The molecule has 0 aliphatic rings. The first-order chi connectivity index (χ1) is 6.55. The molecule has 86 valence electrons. The van der Waals surface area contributed by atoms with Crippen LogP contribution < -0.4 is 0 Å². The van der Waals surface area contributed by atoms with Crippen molar-refractivity contribution in [2.45, 2.75) is 38.1 Å². The third-order valence-electron chi connectivity index (χ3n) is 1.83. The highest BCUT2D eigenvalue weighted by Crippen LogP contribution is 2.31. The van der Waals surface area contributed by atoms with Gasteiger partial charge in [-0.05, 0) is 27.7 Å². The molecule has 4 nitrogen and oxygen atoms in total. The molecule has 0 saturated heterocycles. The Morgan fingerprint density at radius 1 is 1.33 bits per heavy atom. The van der Waals surface area contributed by atoms with E-state index in [2.05, 4.69) is 5.10 Å². The van der Waals surface area contributed by atoms with Gasteiger partial charge in [-0.15, -0.1) is 0 Å². The first-order valence-corrected chi connectivity index (χ1v) is 6.94. The minimum Gasteiger partial charge on any atom is -0.247 e. The Morgan fingerprint density at radius 3 is 2.00 bits per heavy atom. The Labute approximate surface area is 98.6 Å². The van der Waals surface area contributed by atoms with Crippen LogP contribution in [0, 0.1) is 6.92 Å². The summed E-state index contributed by atoms with van der Waals surface area (Å²) in [6.07, 6.45) is 0. The van der Waals surface area contributed by atoms with Gasteiger partial charge in [-0.1, -0.05) is 11.6 Å². The van der Waals surface area contributed by atoms with Crippen LogP contribution in [0.3, 0.4) is 0 Å². The molecule has 0 radical (unpaired) electrons. The second-order valence-electron chi connectivity index (χ2n) is 4.23. The summed E-state index contributed by atoms with van der Waals surface area (Å²) in [6, 6.07) is 0. The highest BCUT2D eigenvalue weighted by molar-refractivity contribution is 8.13. The summed E-state index contributed by atoms with van der Waals surface area (Å²) in [5, 5.41) is 4.12. The lowest BCUT2D eigenvalue weighted by atomic mass is 10.1. The second-order valence-corrected chi connectivity index (χ2v) is 7.09. The first kappa shape index (κ1) is 12.8. The minimum atomic E-state index is -3.85. The van der Waals surface area contributed by atoms with Crippen molar-refractivity contribution in [3.05, 3.63) is 10.8 Å². The van der Waals surface area contributed by atoms with Crippen molar-refractivity contribution in [3.63, 3.8) is 0 Å². The lowest BCUT2D eigenvalue weighted by molar-refractivity contribution is 0.354. The van der Waals surface area contributed by atoms with E-state index in [9.17, 15) is 8.42 Å². The zero-order valence-electron chi connectivity index (χ0n) is 8.88. The molecule has 0 atom stereocenters. The Morgan fingerprint density at radius 2 is 1.80 bits per heavy atom. The van der Waals surface area contributed by atoms with Crippen LogP contribution in [0.4, 0.5) is 0 Å². The Balaban J connectivity index is 3.55. The lowest BCUT2D eigenvalue weighted by Gasteiger charge is -2.20. The van der Waals surface area contributed by atoms with Crippen LogP contribution in [-0.4, -0.2) is 18.2 Å². The molecule has 1 aromatic heterocycles. The van der Waals surface area contributed by atoms with Gasteiger partial charge in [0.25, 0.3) is 9.05 Å². The van der Waals surface area contributed by atoms with Gasteiger partial charge in [0.15, 0.2) is 0 Å². The van der Waals surface area contributed by atoms with Crippen molar-refractivity contribution < 1.29 is 8.42 Å². The standard InChI is InChI=1S/C8H12Cl2N2O2S/c1-5-6(15(10,13)14)7(9)12(11-5)8(2,3)4/h1-4H3. The molecule has 0 spiro atoms. The normalized spacial score (nSPS) is 13.2. The number of hydrogen-bond acceptors (Lipinski definition) is 3. The summed E-state index contributed by atoms with van der Waals surface area (Å²) in [4.78, 5) is -0.110. The van der Waals surface area contributed by atoms with E-state index >= 15 is 0 Å². The van der Waals surface area contributed by atoms with Gasteiger partial charge in [0, 0.05) is 10.7 Å². The van der Waals surface area contributed by atoms with Gasteiger partial charge in [-0.25, -0.2) is 13.1 Å². The molecule has 15 heavy (non-hydrogen) atoms. The van der Waals surface area contributed by atoms with E-state index in [1.165, 1.54) is 4.68 Å². The molecule has 0 aliphatic carbocycles. The molecule has 0 bridgehead atoms. The maximum absolute atomic E-state index is 11.2. The van der Waals surface area contributed by atoms with E-state index in [0.29, 0.717) is 5.69 Å². The number of nitrogens with zero attached hydrogens (tertiary/aromatic N) is 2. The molecule has 1 rings (SSSR count). The zero-order valence-corrected chi connectivity index (χ0v) is 11.2. The van der Waals surface area contributed by atoms with E-state index in [-0.39, 0.29) is 15.6 Å². The van der Waals surface area contributed by atoms with Crippen LogP contribution in [0.25, 0.3) is 0 Å². The quantitative estimate of drug-likeness (QED) is 0.737. The first-order valence-electron chi connectivity index (χ1n) is 4.25. The molecular weight excluding hydrogens is 259 g/mol. The molecule has 0 saturated carbocycles. The predicted octanol–water partition coefficient (Wildman–Crippen LogP) is 2.53. The maximum Gasteiger partial charge on any atom is 0.266 e. The van der Waals surface area contributed by atoms with E-state index in [1.54, 1.807) is 6.92 Å². The summed E-state index contributed by atoms with van der Waals surface area (Å²) in [5.74, 6) is 0. The van der Waals surface area contributed by atoms with Gasteiger partial charge in [0.05, 0.1) is 11.2 Å². The molecule has 0 aromatic carbocycles.